The van der Waals surface area contributed by atoms with Gasteiger partial charge >= 0.3 is 0 Å². The maximum absolute atomic E-state index is 11.3. The van der Waals surface area contributed by atoms with Crippen LogP contribution in [0.3, 0.4) is 0 Å². The van der Waals surface area contributed by atoms with Gasteiger partial charge in [0.1, 0.15) is 12.4 Å². The monoisotopic (exact) mass is 221 g/mol. The fourth-order valence-corrected chi connectivity index (χ4v) is 1.65. The minimum Gasteiger partial charge on any atom is -0.473 e. The summed E-state index contributed by atoms with van der Waals surface area (Å²) in [5, 5.41) is 0. The molecule has 0 fully saturated rings. The van der Waals surface area contributed by atoms with Gasteiger partial charge < -0.3 is 9.15 Å². The molecule has 4 heteroatoms. The van der Waals surface area contributed by atoms with Crippen LogP contribution >= 0.6 is 0 Å². The summed E-state index contributed by atoms with van der Waals surface area (Å²) in [6.45, 7) is 7.80. The van der Waals surface area contributed by atoms with Gasteiger partial charge in [0, 0.05) is 6.07 Å². The molecular weight excluding hydrogens is 206 g/mol. The molecule has 0 amide bonds. The van der Waals surface area contributed by atoms with Gasteiger partial charge in [0.2, 0.25) is 0 Å². The highest BCUT2D eigenvalue weighted by atomic mass is 16.5. The fraction of sp³-hybridized carbons (Fsp3) is 0.500. The van der Waals surface area contributed by atoms with E-state index >= 15 is 0 Å². The van der Waals surface area contributed by atoms with E-state index in [1.54, 1.807) is 13.0 Å². The Labute approximate surface area is 94.3 Å². The van der Waals surface area contributed by atoms with E-state index in [9.17, 15) is 4.79 Å². The molecule has 0 saturated heterocycles. The number of nitrogens with zero attached hydrogens (tertiary/aromatic N) is 1. The number of furan rings is 1. The van der Waals surface area contributed by atoms with Crippen LogP contribution in [0.25, 0.3) is 0 Å². The summed E-state index contributed by atoms with van der Waals surface area (Å²) in [6, 6.07) is 1.69. The van der Waals surface area contributed by atoms with E-state index in [1.165, 1.54) is 6.92 Å². The van der Waals surface area contributed by atoms with Crippen LogP contribution in [0, 0.1) is 6.92 Å². The zero-order valence-corrected chi connectivity index (χ0v) is 9.96. The fourth-order valence-electron chi connectivity index (χ4n) is 1.65. The molecule has 4 nitrogen and oxygen atoms in total. The van der Waals surface area contributed by atoms with Gasteiger partial charge in [0.15, 0.2) is 11.5 Å². The van der Waals surface area contributed by atoms with Crippen molar-refractivity contribution in [1.82, 2.24) is 0 Å². The molecule has 0 aliphatic carbocycles. The molecule has 1 aromatic rings. The third kappa shape index (κ3) is 1.87. The molecule has 0 atom stereocenters. The van der Waals surface area contributed by atoms with Crippen molar-refractivity contribution in [3.63, 3.8) is 0 Å². The first-order chi connectivity index (χ1) is 7.39. The molecule has 0 spiro atoms. The summed E-state index contributed by atoms with van der Waals surface area (Å²) in [5.41, 5.74) is 0.373. The van der Waals surface area contributed by atoms with E-state index in [0.717, 1.165) is 0 Å². The van der Waals surface area contributed by atoms with Gasteiger partial charge in [-0.3, -0.25) is 4.79 Å². The Morgan fingerprint density at radius 2 is 2.19 bits per heavy atom. The maximum Gasteiger partial charge on any atom is 0.253 e. The quantitative estimate of drug-likeness (QED) is 0.720. The van der Waals surface area contributed by atoms with Crippen LogP contribution in [0.2, 0.25) is 0 Å². The topological polar surface area (TPSA) is 51.8 Å². The number of rotatable bonds is 2. The predicted octanol–water partition coefficient (Wildman–Crippen LogP) is 2.35. The highest BCUT2D eigenvalue weighted by molar-refractivity contribution is 5.99. The van der Waals surface area contributed by atoms with Crippen molar-refractivity contribution >= 4 is 11.7 Å². The molecule has 16 heavy (non-hydrogen) atoms. The molecule has 0 saturated carbocycles. The Morgan fingerprint density at radius 1 is 1.50 bits per heavy atom. The molecule has 2 heterocycles. The Bertz CT molecular complexity index is 469. The van der Waals surface area contributed by atoms with Crippen LogP contribution < -0.4 is 0 Å². The van der Waals surface area contributed by atoms with Gasteiger partial charge in [-0.15, -0.1) is 0 Å². The molecule has 2 rings (SSSR count). The standard InChI is InChI=1S/C12H15NO3/c1-7(14)9-5-10(16-8(9)2)11-13-12(3,4)6-15-11/h5H,6H2,1-4H3. The summed E-state index contributed by atoms with van der Waals surface area (Å²) in [5.74, 6) is 1.62. The van der Waals surface area contributed by atoms with E-state index in [4.69, 9.17) is 9.15 Å². The summed E-state index contributed by atoms with van der Waals surface area (Å²) in [6.07, 6.45) is 0. The SMILES string of the molecule is CC(=O)c1cc(C2=NC(C)(C)CO2)oc1C. The first-order valence-corrected chi connectivity index (χ1v) is 5.23. The van der Waals surface area contributed by atoms with E-state index in [2.05, 4.69) is 4.99 Å². The number of Topliss-reactive ketones (excluding diaryl/α,β-unsaturated/α-hetero) is 1. The number of carbonyl (C=O) groups excluding carboxylic acids is 1. The predicted molar refractivity (Wildman–Crippen MR) is 60.0 cm³/mol. The second kappa shape index (κ2) is 3.47. The van der Waals surface area contributed by atoms with E-state index in [1.807, 2.05) is 13.8 Å². The molecule has 0 bridgehead atoms. The number of carbonyl (C=O) groups is 1. The van der Waals surface area contributed by atoms with Crippen LogP contribution in [-0.2, 0) is 4.74 Å². The zero-order chi connectivity index (χ0) is 11.9. The van der Waals surface area contributed by atoms with Crippen LogP contribution in [0.15, 0.2) is 15.5 Å². The Kier molecular flexibility index (Phi) is 2.37. The van der Waals surface area contributed by atoms with Crippen molar-refractivity contribution in [3.05, 3.63) is 23.2 Å². The van der Waals surface area contributed by atoms with Crippen molar-refractivity contribution < 1.29 is 13.9 Å². The van der Waals surface area contributed by atoms with Crippen molar-refractivity contribution in [2.45, 2.75) is 33.2 Å². The number of aliphatic imine (C=N–C) groups is 1. The largest absolute Gasteiger partial charge is 0.473 e. The lowest BCUT2D eigenvalue weighted by Crippen LogP contribution is -2.17. The Balaban J connectivity index is 2.36. The van der Waals surface area contributed by atoms with Gasteiger partial charge in [-0.1, -0.05) is 0 Å². The van der Waals surface area contributed by atoms with Gasteiger partial charge in [-0.2, -0.15) is 0 Å². The van der Waals surface area contributed by atoms with Crippen molar-refractivity contribution in [2.75, 3.05) is 6.61 Å². The molecule has 1 aliphatic rings. The molecule has 1 aliphatic heterocycles. The lowest BCUT2D eigenvalue weighted by Gasteiger charge is -2.07. The van der Waals surface area contributed by atoms with Gasteiger partial charge in [0.05, 0.1) is 11.1 Å². The summed E-state index contributed by atoms with van der Waals surface area (Å²) >= 11 is 0. The number of ketones is 1. The summed E-state index contributed by atoms with van der Waals surface area (Å²) < 4.78 is 10.9. The first-order valence-electron chi connectivity index (χ1n) is 5.23. The van der Waals surface area contributed by atoms with Gasteiger partial charge in [-0.25, -0.2) is 4.99 Å². The van der Waals surface area contributed by atoms with Crippen LogP contribution in [0.4, 0.5) is 0 Å². The minimum atomic E-state index is -0.216. The second-order valence-electron chi connectivity index (χ2n) is 4.65. The van der Waals surface area contributed by atoms with Crippen LogP contribution in [0.5, 0.6) is 0 Å². The average molecular weight is 221 g/mol. The third-order valence-electron chi connectivity index (χ3n) is 2.47. The minimum absolute atomic E-state index is 0.00893. The summed E-state index contributed by atoms with van der Waals surface area (Å²) in [4.78, 5) is 15.7. The zero-order valence-electron chi connectivity index (χ0n) is 9.96. The maximum atomic E-state index is 11.3. The number of hydrogen-bond acceptors (Lipinski definition) is 4. The molecule has 86 valence electrons. The number of hydrogen-bond donors (Lipinski definition) is 0. The van der Waals surface area contributed by atoms with Crippen LogP contribution in [-0.4, -0.2) is 23.8 Å². The van der Waals surface area contributed by atoms with E-state index in [0.29, 0.717) is 29.6 Å². The molecular formula is C12H15NO3. The van der Waals surface area contributed by atoms with E-state index in [-0.39, 0.29) is 11.3 Å². The molecule has 1 aromatic heterocycles. The Hall–Kier alpha value is -1.58. The average Bonchev–Trinajstić information content (AvgIpc) is 2.69. The van der Waals surface area contributed by atoms with Gasteiger partial charge in [0.25, 0.3) is 5.90 Å². The van der Waals surface area contributed by atoms with Crippen molar-refractivity contribution in [2.24, 2.45) is 4.99 Å². The molecule has 0 N–H and O–H groups in total. The van der Waals surface area contributed by atoms with Crippen molar-refractivity contribution in [3.8, 4) is 0 Å². The Morgan fingerprint density at radius 3 is 2.62 bits per heavy atom. The highest BCUT2D eigenvalue weighted by Crippen LogP contribution is 2.23. The smallest absolute Gasteiger partial charge is 0.253 e. The molecule has 0 aromatic carbocycles. The number of ether oxygens (including phenoxy) is 1. The van der Waals surface area contributed by atoms with Gasteiger partial charge in [-0.05, 0) is 27.7 Å². The lowest BCUT2D eigenvalue weighted by molar-refractivity contribution is 0.101. The number of aryl methyl sites for hydroxylation is 1. The molecule has 0 radical (unpaired) electrons. The normalized spacial score (nSPS) is 18.1. The first kappa shape index (κ1) is 10.9. The van der Waals surface area contributed by atoms with Crippen LogP contribution in [0.1, 0.15) is 42.6 Å². The second-order valence-corrected chi connectivity index (χ2v) is 4.65. The third-order valence-corrected chi connectivity index (χ3v) is 2.47. The summed E-state index contributed by atoms with van der Waals surface area (Å²) in [7, 11) is 0. The molecule has 0 unspecified atom stereocenters. The highest BCUT2D eigenvalue weighted by Gasteiger charge is 2.29. The lowest BCUT2D eigenvalue weighted by atomic mass is 10.1. The van der Waals surface area contributed by atoms with E-state index < -0.39 is 0 Å². The van der Waals surface area contributed by atoms with Crippen molar-refractivity contribution in [1.29, 1.82) is 0 Å².